The molecule has 4 rings (SSSR count). The number of rotatable bonds is 6. The molecule has 2 aromatic carbocycles. The van der Waals surface area contributed by atoms with Crippen LogP contribution in [-0.2, 0) is 4.74 Å². The van der Waals surface area contributed by atoms with Crippen molar-refractivity contribution in [3.63, 3.8) is 0 Å². The fourth-order valence-electron chi connectivity index (χ4n) is 3.37. The minimum atomic E-state index is -4.83. The molecule has 1 aromatic heterocycles. The number of aryl methyl sites for hydroxylation is 1. The molecule has 178 valence electrons. The molecule has 3 aromatic rings. The molecule has 0 atom stereocenters. The predicted octanol–water partition coefficient (Wildman–Crippen LogP) is 4.52. The first kappa shape index (κ1) is 23.3. The number of carbonyl (C=O) groups excluding carboxylic acids is 1. The lowest BCUT2D eigenvalue weighted by molar-refractivity contribution is -0.274. The molecular formula is C23H22F3N5O3. The van der Waals surface area contributed by atoms with Crippen LogP contribution in [0.15, 0.2) is 54.6 Å². The van der Waals surface area contributed by atoms with Gasteiger partial charge in [-0.05, 0) is 49.4 Å². The molecule has 11 heteroatoms. The molecule has 2 heterocycles. The van der Waals surface area contributed by atoms with Crippen LogP contribution in [0, 0.1) is 6.92 Å². The molecule has 0 aliphatic carbocycles. The van der Waals surface area contributed by atoms with Crippen LogP contribution in [0.5, 0.6) is 5.75 Å². The Bertz CT molecular complexity index is 1150. The molecule has 0 spiro atoms. The third kappa shape index (κ3) is 6.35. The topological polar surface area (TPSA) is 88.6 Å². The van der Waals surface area contributed by atoms with E-state index in [9.17, 15) is 18.0 Å². The number of morpholine rings is 1. The average Bonchev–Trinajstić information content (AvgIpc) is 2.80. The molecule has 1 aliphatic rings. The number of nitrogens with one attached hydrogen (secondary N) is 2. The smallest absolute Gasteiger partial charge is 0.406 e. The summed E-state index contributed by atoms with van der Waals surface area (Å²) in [5, 5.41) is 5.80. The zero-order chi connectivity index (χ0) is 24.1. The van der Waals surface area contributed by atoms with Crippen LogP contribution in [0.3, 0.4) is 0 Å². The first-order chi connectivity index (χ1) is 16.2. The standard InChI is InChI=1S/C23H22F3N5O3/c1-15-13-20(31-9-11-33-12-10-31)30-22(27-15)29-18-7-5-17(6-8-18)28-21(32)16-3-2-4-19(14-16)34-23(24,25)26/h2-8,13-14H,9-12H2,1H3,(H,28,32)(H,27,29,30). The van der Waals surface area contributed by atoms with Crippen LogP contribution in [-0.4, -0.2) is 48.5 Å². The number of anilines is 4. The van der Waals surface area contributed by atoms with Gasteiger partial charge in [-0.1, -0.05) is 6.07 Å². The minimum absolute atomic E-state index is 0.0350. The molecule has 0 radical (unpaired) electrons. The minimum Gasteiger partial charge on any atom is -0.406 e. The van der Waals surface area contributed by atoms with E-state index in [1.165, 1.54) is 12.1 Å². The van der Waals surface area contributed by atoms with Gasteiger partial charge in [0.1, 0.15) is 11.6 Å². The number of alkyl halides is 3. The summed E-state index contributed by atoms with van der Waals surface area (Å²) < 4.78 is 46.5. The Morgan fingerprint density at radius 1 is 1.03 bits per heavy atom. The van der Waals surface area contributed by atoms with Gasteiger partial charge in [-0.25, -0.2) is 4.98 Å². The Labute approximate surface area is 193 Å². The molecule has 0 bridgehead atoms. The quantitative estimate of drug-likeness (QED) is 0.544. The lowest BCUT2D eigenvalue weighted by atomic mass is 10.2. The van der Waals surface area contributed by atoms with Crippen LogP contribution in [0.1, 0.15) is 16.1 Å². The number of nitrogens with zero attached hydrogens (tertiary/aromatic N) is 3. The summed E-state index contributed by atoms with van der Waals surface area (Å²) in [6.07, 6.45) is -4.83. The van der Waals surface area contributed by atoms with E-state index >= 15 is 0 Å². The van der Waals surface area contributed by atoms with Crippen molar-refractivity contribution in [2.24, 2.45) is 0 Å². The molecule has 34 heavy (non-hydrogen) atoms. The average molecular weight is 473 g/mol. The van der Waals surface area contributed by atoms with Gasteiger partial charge in [0.15, 0.2) is 0 Å². The Hall–Kier alpha value is -3.86. The maximum atomic E-state index is 12.4. The van der Waals surface area contributed by atoms with Crippen LogP contribution in [0.4, 0.5) is 36.3 Å². The number of halogens is 3. The molecule has 1 fully saturated rings. The lowest BCUT2D eigenvalue weighted by Gasteiger charge is -2.28. The maximum absolute atomic E-state index is 12.4. The molecule has 0 saturated carbocycles. The van der Waals surface area contributed by atoms with Crippen LogP contribution >= 0.6 is 0 Å². The van der Waals surface area contributed by atoms with Crippen molar-refractivity contribution in [1.29, 1.82) is 0 Å². The Morgan fingerprint density at radius 2 is 1.74 bits per heavy atom. The van der Waals surface area contributed by atoms with E-state index in [4.69, 9.17) is 4.74 Å². The van der Waals surface area contributed by atoms with E-state index in [0.717, 1.165) is 36.7 Å². The van der Waals surface area contributed by atoms with Crippen LogP contribution in [0.25, 0.3) is 0 Å². The molecule has 1 amide bonds. The summed E-state index contributed by atoms with van der Waals surface area (Å²) in [5.74, 6) is 0.235. The maximum Gasteiger partial charge on any atom is 0.573 e. The number of benzene rings is 2. The normalized spacial score (nSPS) is 13.9. The van der Waals surface area contributed by atoms with Gasteiger partial charge in [0.05, 0.1) is 13.2 Å². The third-order valence-electron chi connectivity index (χ3n) is 4.90. The summed E-state index contributed by atoms with van der Waals surface area (Å²) in [6.45, 7) is 4.71. The van der Waals surface area contributed by atoms with E-state index in [0.29, 0.717) is 30.5 Å². The van der Waals surface area contributed by atoms with Gasteiger partial charge in [0, 0.05) is 41.8 Å². The summed E-state index contributed by atoms with van der Waals surface area (Å²) in [5.41, 5.74) is 2.03. The molecule has 8 nitrogen and oxygen atoms in total. The fraction of sp³-hybridized carbons (Fsp3) is 0.261. The summed E-state index contributed by atoms with van der Waals surface area (Å²) in [4.78, 5) is 23.6. The molecule has 1 aliphatic heterocycles. The highest BCUT2D eigenvalue weighted by Gasteiger charge is 2.31. The van der Waals surface area contributed by atoms with E-state index in [1.807, 2.05) is 13.0 Å². The zero-order valence-electron chi connectivity index (χ0n) is 18.2. The lowest BCUT2D eigenvalue weighted by Crippen LogP contribution is -2.36. The van der Waals surface area contributed by atoms with Crippen LogP contribution < -0.4 is 20.3 Å². The zero-order valence-corrected chi connectivity index (χ0v) is 18.2. The highest BCUT2D eigenvalue weighted by Crippen LogP contribution is 2.24. The number of carbonyl (C=O) groups is 1. The number of amides is 1. The first-order valence-electron chi connectivity index (χ1n) is 10.5. The van der Waals surface area contributed by atoms with Gasteiger partial charge < -0.3 is 25.0 Å². The molecular weight excluding hydrogens is 451 g/mol. The second-order valence-corrected chi connectivity index (χ2v) is 7.52. The van der Waals surface area contributed by atoms with Crippen molar-refractivity contribution in [2.75, 3.05) is 41.8 Å². The van der Waals surface area contributed by atoms with Crippen molar-refractivity contribution in [3.8, 4) is 5.75 Å². The number of hydrogen-bond donors (Lipinski definition) is 2. The number of hydrogen-bond acceptors (Lipinski definition) is 7. The summed E-state index contributed by atoms with van der Waals surface area (Å²) >= 11 is 0. The number of ether oxygens (including phenoxy) is 2. The van der Waals surface area contributed by atoms with Gasteiger partial charge in [-0.2, -0.15) is 4.98 Å². The summed E-state index contributed by atoms with van der Waals surface area (Å²) in [6, 6.07) is 13.6. The van der Waals surface area contributed by atoms with Crippen molar-refractivity contribution < 1.29 is 27.4 Å². The van der Waals surface area contributed by atoms with Crippen molar-refractivity contribution in [3.05, 3.63) is 65.9 Å². The highest BCUT2D eigenvalue weighted by molar-refractivity contribution is 6.04. The van der Waals surface area contributed by atoms with E-state index in [-0.39, 0.29) is 5.56 Å². The third-order valence-corrected chi connectivity index (χ3v) is 4.90. The fourth-order valence-corrected chi connectivity index (χ4v) is 3.37. The summed E-state index contributed by atoms with van der Waals surface area (Å²) in [7, 11) is 0. The van der Waals surface area contributed by atoms with Crippen molar-refractivity contribution in [1.82, 2.24) is 9.97 Å². The Kier molecular flexibility index (Phi) is 6.82. The van der Waals surface area contributed by atoms with Gasteiger partial charge in [0.2, 0.25) is 5.95 Å². The SMILES string of the molecule is Cc1cc(N2CCOCC2)nc(Nc2ccc(NC(=O)c3cccc(OC(F)(F)F)c3)cc2)n1. The van der Waals surface area contributed by atoms with E-state index in [1.54, 1.807) is 24.3 Å². The number of aromatic nitrogens is 2. The van der Waals surface area contributed by atoms with E-state index in [2.05, 4.69) is 30.2 Å². The van der Waals surface area contributed by atoms with Crippen molar-refractivity contribution >= 4 is 29.0 Å². The van der Waals surface area contributed by atoms with Gasteiger partial charge in [-0.15, -0.1) is 13.2 Å². The van der Waals surface area contributed by atoms with Gasteiger partial charge >= 0.3 is 6.36 Å². The van der Waals surface area contributed by atoms with Gasteiger partial charge in [0.25, 0.3) is 5.91 Å². The second kappa shape index (κ2) is 9.96. The Morgan fingerprint density at radius 3 is 2.44 bits per heavy atom. The van der Waals surface area contributed by atoms with Crippen LogP contribution in [0.2, 0.25) is 0 Å². The predicted molar refractivity (Wildman–Crippen MR) is 121 cm³/mol. The molecule has 2 N–H and O–H groups in total. The highest BCUT2D eigenvalue weighted by atomic mass is 19.4. The van der Waals surface area contributed by atoms with E-state index < -0.39 is 18.0 Å². The van der Waals surface area contributed by atoms with Gasteiger partial charge in [-0.3, -0.25) is 4.79 Å². The molecule has 1 saturated heterocycles. The monoisotopic (exact) mass is 473 g/mol. The largest absolute Gasteiger partial charge is 0.573 e. The first-order valence-corrected chi connectivity index (χ1v) is 10.5. The molecule has 0 unspecified atom stereocenters. The van der Waals surface area contributed by atoms with Crippen molar-refractivity contribution in [2.45, 2.75) is 13.3 Å². The Balaban J connectivity index is 1.40. The second-order valence-electron chi connectivity index (χ2n) is 7.52.